The van der Waals surface area contributed by atoms with Gasteiger partial charge in [0.2, 0.25) is 0 Å². The Hall–Kier alpha value is -3.30. The van der Waals surface area contributed by atoms with E-state index in [0.29, 0.717) is 32.0 Å². The monoisotopic (exact) mass is 339 g/mol. The van der Waals surface area contributed by atoms with Gasteiger partial charge in [-0.05, 0) is 6.07 Å². The summed E-state index contributed by atoms with van der Waals surface area (Å²) in [6.45, 7) is 2.59. The van der Waals surface area contributed by atoms with Crippen molar-refractivity contribution in [3.8, 4) is 0 Å². The van der Waals surface area contributed by atoms with Gasteiger partial charge in [0.05, 0.1) is 11.6 Å². The second-order valence-electron chi connectivity index (χ2n) is 5.70. The molecule has 4 rings (SSSR count). The number of aromatic nitrogens is 6. The first kappa shape index (κ1) is 15.2. The van der Waals surface area contributed by atoms with Crippen LogP contribution in [0.15, 0.2) is 31.1 Å². The van der Waals surface area contributed by atoms with Crippen LogP contribution in [0.1, 0.15) is 0 Å². The normalized spacial score (nSPS) is 14.8. The van der Waals surface area contributed by atoms with Crippen LogP contribution in [0.4, 0.5) is 16.4 Å². The third-order valence-corrected chi connectivity index (χ3v) is 4.19. The smallest absolute Gasteiger partial charge is 0.323 e. The number of anilines is 2. The fraction of sp³-hybridized carbons (Fsp3) is 0.333. The first-order valence-corrected chi connectivity index (χ1v) is 7.92. The van der Waals surface area contributed by atoms with Gasteiger partial charge in [-0.1, -0.05) is 0 Å². The highest BCUT2D eigenvalue weighted by molar-refractivity contribution is 5.89. The molecule has 0 bridgehead atoms. The Morgan fingerprint density at radius 3 is 2.72 bits per heavy atom. The van der Waals surface area contributed by atoms with E-state index in [1.54, 1.807) is 34.4 Å². The van der Waals surface area contributed by atoms with Gasteiger partial charge in [-0.3, -0.25) is 10.00 Å². The Bertz CT molecular complexity index is 886. The van der Waals surface area contributed by atoms with E-state index in [0.717, 1.165) is 16.9 Å². The lowest BCUT2D eigenvalue weighted by atomic mass is 10.3. The standard InChI is InChI=1S/C15H17N9O/c1-22-13-11(8-20-22)14(19-10-18-13)23-4-6-24(7-5-23)15(25)21-12-2-3-16-9-17-12/h2-3,8-10H,4-7H2,1H3,(H,16,17,21,25). The fourth-order valence-electron chi connectivity index (χ4n) is 2.88. The molecule has 128 valence electrons. The number of nitrogens with one attached hydrogen (secondary N) is 1. The number of carbonyl (C=O) groups is 1. The number of rotatable bonds is 2. The van der Waals surface area contributed by atoms with Crippen molar-refractivity contribution in [3.05, 3.63) is 31.1 Å². The molecule has 0 atom stereocenters. The second-order valence-corrected chi connectivity index (χ2v) is 5.70. The molecule has 10 heteroatoms. The van der Waals surface area contributed by atoms with Gasteiger partial charge in [0.15, 0.2) is 5.65 Å². The molecule has 3 aromatic rings. The van der Waals surface area contributed by atoms with Crippen molar-refractivity contribution in [1.82, 2.24) is 34.6 Å². The van der Waals surface area contributed by atoms with Crippen molar-refractivity contribution in [1.29, 1.82) is 0 Å². The highest BCUT2D eigenvalue weighted by Crippen LogP contribution is 2.23. The van der Waals surface area contributed by atoms with Crippen LogP contribution in [0.3, 0.4) is 0 Å². The number of aryl methyl sites for hydroxylation is 1. The molecule has 0 aromatic carbocycles. The highest BCUT2D eigenvalue weighted by atomic mass is 16.2. The van der Waals surface area contributed by atoms with Crippen molar-refractivity contribution >= 4 is 28.7 Å². The molecule has 4 heterocycles. The molecule has 1 N–H and O–H groups in total. The molecule has 0 spiro atoms. The van der Waals surface area contributed by atoms with E-state index >= 15 is 0 Å². The summed E-state index contributed by atoms with van der Waals surface area (Å²) < 4.78 is 1.73. The maximum Gasteiger partial charge on any atom is 0.323 e. The quantitative estimate of drug-likeness (QED) is 0.725. The van der Waals surface area contributed by atoms with E-state index in [4.69, 9.17) is 0 Å². The maximum absolute atomic E-state index is 12.3. The van der Waals surface area contributed by atoms with Gasteiger partial charge in [0.1, 0.15) is 24.3 Å². The van der Waals surface area contributed by atoms with Gasteiger partial charge in [-0.25, -0.2) is 24.7 Å². The van der Waals surface area contributed by atoms with Crippen LogP contribution in [-0.4, -0.2) is 66.8 Å². The summed E-state index contributed by atoms with van der Waals surface area (Å²) in [5.74, 6) is 1.35. The number of fused-ring (bicyclic) bond motifs is 1. The van der Waals surface area contributed by atoms with Crippen LogP contribution in [0.2, 0.25) is 0 Å². The highest BCUT2D eigenvalue weighted by Gasteiger charge is 2.24. The fourth-order valence-corrected chi connectivity index (χ4v) is 2.88. The Labute approximate surface area is 143 Å². The lowest BCUT2D eigenvalue weighted by molar-refractivity contribution is 0.208. The Balaban J connectivity index is 1.43. The van der Waals surface area contributed by atoms with Gasteiger partial charge >= 0.3 is 6.03 Å². The summed E-state index contributed by atoms with van der Waals surface area (Å²) >= 11 is 0. The average molecular weight is 339 g/mol. The summed E-state index contributed by atoms with van der Waals surface area (Å²) in [5, 5.41) is 7.94. The van der Waals surface area contributed by atoms with E-state index in [2.05, 4.69) is 35.3 Å². The number of carbonyl (C=O) groups excluding carboxylic acids is 1. The van der Waals surface area contributed by atoms with E-state index in [1.165, 1.54) is 6.33 Å². The maximum atomic E-state index is 12.3. The van der Waals surface area contributed by atoms with Gasteiger partial charge in [0, 0.05) is 39.4 Å². The number of hydrogen-bond donors (Lipinski definition) is 1. The zero-order valence-electron chi connectivity index (χ0n) is 13.7. The molecule has 0 radical (unpaired) electrons. The topological polar surface area (TPSA) is 105 Å². The minimum Gasteiger partial charge on any atom is -0.352 e. The molecule has 1 aliphatic rings. The SMILES string of the molecule is Cn1ncc2c(N3CCN(C(=O)Nc4ccncn4)CC3)ncnc21. The number of piperazine rings is 1. The molecule has 0 unspecified atom stereocenters. The zero-order valence-corrected chi connectivity index (χ0v) is 13.7. The molecule has 1 aliphatic heterocycles. The molecule has 3 aromatic heterocycles. The molecular formula is C15H17N9O. The molecule has 25 heavy (non-hydrogen) atoms. The van der Waals surface area contributed by atoms with Crippen LogP contribution in [0.5, 0.6) is 0 Å². The summed E-state index contributed by atoms with van der Waals surface area (Å²) in [6.07, 6.45) is 6.32. The van der Waals surface area contributed by atoms with Crippen molar-refractivity contribution in [2.45, 2.75) is 0 Å². The Kier molecular flexibility index (Phi) is 3.84. The van der Waals surface area contributed by atoms with E-state index in [-0.39, 0.29) is 6.03 Å². The molecule has 1 fully saturated rings. The second kappa shape index (κ2) is 6.30. The molecule has 10 nitrogen and oxygen atoms in total. The van der Waals surface area contributed by atoms with Crippen molar-refractivity contribution in [3.63, 3.8) is 0 Å². The van der Waals surface area contributed by atoms with Gasteiger partial charge in [0.25, 0.3) is 0 Å². The molecule has 0 aliphatic carbocycles. The molecule has 1 saturated heterocycles. The number of nitrogens with zero attached hydrogens (tertiary/aromatic N) is 8. The lowest BCUT2D eigenvalue weighted by Crippen LogP contribution is -2.50. The first-order valence-electron chi connectivity index (χ1n) is 7.92. The number of hydrogen-bond acceptors (Lipinski definition) is 7. The van der Waals surface area contributed by atoms with Crippen LogP contribution >= 0.6 is 0 Å². The van der Waals surface area contributed by atoms with Crippen LogP contribution in [0, 0.1) is 0 Å². The molecule has 0 saturated carbocycles. The predicted octanol–water partition coefficient (Wildman–Crippen LogP) is 0.507. The van der Waals surface area contributed by atoms with Crippen molar-refractivity contribution < 1.29 is 4.79 Å². The summed E-state index contributed by atoms with van der Waals surface area (Å²) in [5.41, 5.74) is 0.800. The van der Waals surface area contributed by atoms with E-state index in [1.807, 2.05) is 7.05 Å². The minimum absolute atomic E-state index is 0.160. The van der Waals surface area contributed by atoms with Gasteiger partial charge in [-0.15, -0.1) is 0 Å². The molecule has 2 amide bonds. The third kappa shape index (κ3) is 2.93. The summed E-state index contributed by atoms with van der Waals surface area (Å²) in [6, 6.07) is 1.50. The van der Waals surface area contributed by atoms with E-state index < -0.39 is 0 Å². The van der Waals surface area contributed by atoms with Gasteiger partial charge in [-0.2, -0.15) is 5.10 Å². The van der Waals surface area contributed by atoms with E-state index in [9.17, 15) is 4.79 Å². The van der Waals surface area contributed by atoms with Crippen molar-refractivity contribution in [2.24, 2.45) is 7.05 Å². The molecular weight excluding hydrogens is 322 g/mol. The number of urea groups is 1. The van der Waals surface area contributed by atoms with Crippen LogP contribution in [0.25, 0.3) is 11.0 Å². The largest absolute Gasteiger partial charge is 0.352 e. The summed E-state index contributed by atoms with van der Waals surface area (Å²) in [7, 11) is 1.86. The third-order valence-electron chi connectivity index (χ3n) is 4.19. The Morgan fingerprint density at radius 1 is 1.12 bits per heavy atom. The number of amides is 2. The average Bonchev–Trinajstić information content (AvgIpc) is 3.04. The summed E-state index contributed by atoms with van der Waals surface area (Å²) in [4.78, 5) is 32.7. The van der Waals surface area contributed by atoms with Gasteiger partial charge < -0.3 is 9.80 Å². The lowest BCUT2D eigenvalue weighted by Gasteiger charge is -2.35. The minimum atomic E-state index is -0.160. The van der Waals surface area contributed by atoms with Crippen molar-refractivity contribution in [2.75, 3.05) is 36.4 Å². The van der Waals surface area contributed by atoms with Crippen LogP contribution in [-0.2, 0) is 7.05 Å². The Morgan fingerprint density at radius 2 is 1.96 bits per heavy atom. The first-order chi connectivity index (χ1) is 12.2. The van der Waals surface area contributed by atoms with Crippen LogP contribution < -0.4 is 10.2 Å². The predicted molar refractivity (Wildman–Crippen MR) is 91.1 cm³/mol. The zero-order chi connectivity index (χ0) is 17.2.